The summed E-state index contributed by atoms with van der Waals surface area (Å²) in [5, 5.41) is 0. The summed E-state index contributed by atoms with van der Waals surface area (Å²) in [5.74, 6) is 0.811. The van der Waals surface area contributed by atoms with Crippen molar-refractivity contribution < 1.29 is 4.42 Å². The molecule has 0 atom stereocenters. The van der Waals surface area contributed by atoms with Gasteiger partial charge in [0.1, 0.15) is 0 Å². The highest BCUT2D eigenvalue weighted by molar-refractivity contribution is 14.1. The van der Waals surface area contributed by atoms with Crippen molar-refractivity contribution in [1.29, 1.82) is 0 Å². The van der Waals surface area contributed by atoms with Crippen molar-refractivity contribution in [2.45, 2.75) is 0 Å². The molecule has 0 saturated carbocycles. The Hall–Kier alpha value is -0.840. The zero-order valence-corrected chi connectivity index (χ0v) is 8.36. The predicted octanol–water partition coefficient (Wildman–Crippen LogP) is 2.95. The van der Waals surface area contributed by atoms with Crippen molar-refractivity contribution in [2.75, 3.05) is 0 Å². The molecule has 2 rings (SSSR count). The Balaban J connectivity index is 2.43. The minimum absolute atomic E-state index is 0.811. The van der Waals surface area contributed by atoms with Gasteiger partial charge in [0.2, 0.25) is 0 Å². The van der Waals surface area contributed by atoms with Crippen LogP contribution >= 0.6 is 22.6 Å². The number of hydrogen-bond acceptors (Lipinski definition) is 2. The highest BCUT2D eigenvalue weighted by Gasteiger charge is 1.98. The van der Waals surface area contributed by atoms with Gasteiger partial charge >= 0.3 is 0 Å². The van der Waals surface area contributed by atoms with E-state index in [0.29, 0.717) is 0 Å². The Kier molecular flexibility index (Phi) is 2.12. The zero-order valence-electron chi connectivity index (χ0n) is 6.20. The number of rotatable bonds is 1. The molecule has 0 N–H and O–H groups in total. The van der Waals surface area contributed by atoms with Crippen molar-refractivity contribution in [3.05, 3.63) is 40.4 Å². The van der Waals surface area contributed by atoms with Gasteiger partial charge < -0.3 is 4.42 Å². The number of aromatic nitrogens is 1. The quantitative estimate of drug-likeness (QED) is 0.745. The lowest BCUT2D eigenvalue weighted by molar-refractivity contribution is 0.572. The van der Waals surface area contributed by atoms with Crippen molar-refractivity contribution >= 4 is 22.6 Å². The van der Waals surface area contributed by atoms with Crippen LogP contribution in [0.5, 0.6) is 0 Å². The second-order valence-corrected chi connectivity index (χ2v) is 3.62. The molecular weight excluding hydrogens is 265 g/mol. The molecule has 0 radical (unpaired) electrons. The monoisotopic (exact) mass is 271 g/mol. The van der Waals surface area contributed by atoms with Gasteiger partial charge in [-0.25, -0.2) is 4.98 Å². The van der Waals surface area contributed by atoms with Crippen LogP contribution in [0, 0.1) is 3.57 Å². The fourth-order valence-electron chi connectivity index (χ4n) is 0.972. The van der Waals surface area contributed by atoms with Gasteiger partial charge in [-0.15, -0.1) is 0 Å². The van der Waals surface area contributed by atoms with E-state index >= 15 is 0 Å². The first-order valence-electron chi connectivity index (χ1n) is 3.51. The first-order chi connectivity index (χ1) is 5.86. The highest BCUT2D eigenvalue weighted by Crippen LogP contribution is 2.19. The summed E-state index contributed by atoms with van der Waals surface area (Å²) in [7, 11) is 0. The molecule has 0 unspecified atom stereocenters. The number of halogens is 1. The summed E-state index contributed by atoms with van der Waals surface area (Å²) in [4.78, 5) is 3.85. The minimum atomic E-state index is 0.811. The van der Waals surface area contributed by atoms with E-state index in [1.807, 2.05) is 24.3 Å². The first-order valence-corrected chi connectivity index (χ1v) is 4.58. The van der Waals surface area contributed by atoms with Crippen LogP contribution in [0.2, 0.25) is 0 Å². The maximum Gasteiger partial charge on any atom is 0.181 e. The maximum absolute atomic E-state index is 5.15. The molecule has 0 aliphatic carbocycles. The molecular formula is C9H6INO. The van der Waals surface area contributed by atoms with E-state index < -0.39 is 0 Å². The molecule has 0 spiro atoms. The smallest absolute Gasteiger partial charge is 0.181 e. The summed E-state index contributed by atoms with van der Waals surface area (Å²) >= 11 is 2.27. The van der Waals surface area contributed by atoms with Crippen LogP contribution in [0.15, 0.2) is 41.3 Å². The third-order valence-electron chi connectivity index (χ3n) is 1.56. The summed E-state index contributed by atoms with van der Waals surface area (Å²) in [6.45, 7) is 0. The average Bonchev–Trinajstić information content (AvgIpc) is 2.58. The molecule has 12 heavy (non-hydrogen) atoms. The number of benzene rings is 1. The molecule has 0 bridgehead atoms. The van der Waals surface area contributed by atoms with E-state index in [-0.39, 0.29) is 0 Å². The molecule has 0 aliphatic rings. The SMILES string of the molecule is Ic1ccc(-c2cnco2)cc1. The van der Waals surface area contributed by atoms with Crippen LogP contribution in [0.4, 0.5) is 0 Å². The molecule has 0 amide bonds. The molecule has 1 heterocycles. The van der Waals surface area contributed by atoms with Crippen LogP contribution in [-0.2, 0) is 0 Å². The molecule has 1 aromatic carbocycles. The van der Waals surface area contributed by atoms with E-state index in [2.05, 4.69) is 27.6 Å². The van der Waals surface area contributed by atoms with Crippen LogP contribution < -0.4 is 0 Å². The Morgan fingerprint density at radius 2 is 1.92 bits per heavy atom. The van der Waals surface area contributed by atoms with Gasteiger partial charge in [0.15, 0.2) is 12.2 Å². The number of nitrogens with zero attached hydrogens (tertiary/aromatic N) is 1. The summed E-state index contributed by atoms with van der Waals surface area (Å²) in [6.07, 6.45) is 3.15. The van der Waals surface area contributed by atoms with E-state index in [1.165, 1.54) is 9.96 Å². The minimum Gasteiger partial charge on any atom is -0.444 e. The summed E-state index contributed by atoms with van der Waals surface area (Å²) in [6, 6.07) is 8.11. The Bertz CT molecular complexity index is 353. The van der Waals surface area contributed by atoms with E-state index in [1.54, 1.807) is 6.20 Å². The summed E-state index contributed by atoms with van der Waals surface area (Å²) < 4.78 is 6.36. The molecule has 2 nitrogen and oxygen atoms in total. The highest BCUT2D eigenvalue weighted by atomic mass is 127. The molecule has 2 aromatic rings. The molecule has 60 valence electrons. The maximum atomic E-state index is 5.15. The summed E-state index contributed by atoms with van der Waals surface area (Å²) in [5.41, 5.74) is 1.06. The van der Waals surface area contributed by atoms with Crippen LogP contribution in [0.3, 0.4) is 0 Å². The van der Waals surface area contributed by atoms with Gasteiger partial charge in [0.25, 0.3) is 0 Å². The molecule has 0 saturated heterocycles. The molecule has 3 heteroatoms. The van der Waals surface area contributed by atoms with Crippen LogP contribution in [-0.4, -0.2) is 4.98 Å². The van der Waals surface area contributed by atoms with Crippen LogP contribution in [0.1, 0.15) is 0 Å². The second-order valence-electron chi connectivity index (χ2n) is 2.37. The fourth-order valence-corrected chi connectivity index (χ4v) is 1.33. The molecule has 0 aliphatic heterocycles. The molecule has 0 fully saturated rings. The Morgan fingerprint density at radius 3 is 2.50 bits per heavy atom. The lowest BCUT2D eigenvalue weighted by Crippen LogP contribution is -1.73. The lowest BCUT2D eigenvalue weighted by atomic mass is 10.2. The predicted molar refractivity (Wildman–Crippen MR) is 54.7 cm³/mol. The largest absolute Gasteiger partial charge is 0.444 e. The third kappa shape index (κ3) is 1.50. The topological polar surface area (TPSA) is 26.0 Å². The van der Waals surface area contributed by atoms with Crippen molar-refractivity contribution in [2.24, 2.45) is 0 Å². The fraction of sp³-hybridized carbons (Fsp3) is 0. The van der Waals surface area contributed by atoms with E-state index in [0.717, 1.165) is 11.3 Å². The average molecular weight is 271 g/mol. The normalized spacial score (nSPS) is 10.1. The van der Waals surface area contributed by atoms with Gasteiger partial charge in [-0.3, -0.25) is 0 Å². The van der Waals surface area contributed by atoms with Gasteiger partial charge in [-0.2, -0.15) is 0 Å². The van der Waals surface area contributed by atoms with Gasteiger partial charge in [0, 0.05) is 9.13 Å². The molecule has 1 aromatic heterocycles. The van der Waals surface area contributed by atoms with E-state index in [4.69, 9.17) is 4.42 Å². The van der Waals surface area contributed by atoms with Gasteiger partial charge in [-0.05, 0) is 34.7 Å². The zero-order chi connectivity index (χ0) is 8.39. The van der Waals surface area contributed by atoms with Crippen LogP contribution in [0.25, 0.3) is 11.3 Å². The number of oxazole rings is 1. The van der Waals surface area contributed by atoms with Gasteiger partial charge in [0.05, 0.1) is 6.20 Å². The van der Waals surface area contributed by atoms with Crippen molar-refractivity contribution in [1.82, 2.24) is 4.98 Å². The Morgan fingerprint density at radius 1 is 1.17 bits per heavy atom. The van der Waals surface area contributed by atoms with E-state index in [9.17, 15) is 0 Å². The third-order valence-corrected chi connectivity index (χ3v) is 2.28. The second kappa shape index (κ2) is 3.26. The van der Waals surface area contributed by atoms with Crippen molar-refractivity contribution in [3.63, 3.8) is 0 Å². The van der Waals surface area contributed by atoms with Crippen molar-refractivity contribution in [3.8, 4) is 11.3 Å². The standard InChI is InChI=1S/C9H6INO/c10-8-3-1-7(2-4-8)9-5-11-6-12-9/h1-6H. The number of hydrogen-bond donors (Lipinski definition) is 0. The first kappa shape index (κ1) is 7.79. The van der Waals surface area contributed by atoms with Gasteiger partial charge in [-0.1, -0.05) is 12.1 Å². The lowest BCUT2D eigenvalue weighted by Gasteiger charge is -1.94. The Labute approximate surface area is 83.8 Å².